The zero-order valence-electron chi connectivity index (χ0n) is 18.2. The van der Waals surface area contributed by atoms with Crippen LogP contribution < -0.4 is 15.5 Å². The fourth-order valence-electron chi connectivity index (χ4n) is 3.95. The molecule has 0 amide bonds. The van der Waals surface area contributed by atoms with Crippen LogP contribution in [0.5, 0.6) is 0 Å². The topological polar surface area (TPSA) is 93.0 Å². The highest BCUT2D eigenvalue weighted by molar-refractivity contribution is 5.93. The Morgan fingerprint density at radius 3 is 2.59 bits per heavy atom. The molecule has 1 saturated heterocycles. The second kappa shape index (κ2) is 8.80. The van der Waals surface area contributed by atoms with Crippen molar-refractivity contribution in [2.45, 2.75) is 13.5 Å². The molecule has 4 aromatic rings. The van der Waals surface area contributed by atoms with Crippen LogP contribution in [0.4, 0.5) is 23.0 Å². The Balaban J connectivity index is 1.40. The van der Waals surface area contributed by atoms with Gasteiger partial charge in [-0.2, -0.15) is 0 Å². The van der Waals surface area contributed by atoms with Crippen LogP contribution in [0, 0.1) is 0 Å². The number of anilines is 4. The summed E-state index contributed by atoms with van der Waals surface area (Å²) in [5, 5.41) is 6.51. The molecule has 0 radical (unpaired) electrons. The number of ether oxygens (including phenoxy) is 1. The molecular formula is C23H26N8O. The molecule has 0 atom stereocenters. The predicted molar refractivity (Wildman–Crippen MR) is 127 cm³/mol. The van der Waals surface area contributed by atoms with Gasteiger partial charge in [0.2, 0.25) is 0 Å². The third kappa shape index (κ3) is 3.82. The maximum atomic E-state index is 5.43. The number of morpholine rings is 1. The van der Waals surface area contributed by atoms with Gasteiger partial charge in [0.15, 0.2) is 11.6 Å². The highest BCUT2D eigenvalue weighted by atomic mass is 16.5. The number of pyridine rings is 1. The van der Waals surface area contributed by atoms with Crippen LogP contribution in [-0.4, -0.2) is 57.9 Å². The zero-order chi connectivity index (χ0) is 21.9. The Hall–Kier alpha value is -3.72. The molecule has 164 valence electrons. The molecule has 3 aromatic heterocycles. The summed E-state index contributed by atoms with van der Waals surface area (Å²) in [5.41, 5.74) is 5.58. The van der Waals surface area contributed by atoms with E-state index in [4.69, 9.17) is 14.7 Å². The van der Waals surface area contributed by atoms with Crippen LogP contribution in [0.15, 0.2) is 49.2 Å². The van der Waals surface area contributed by atoms with Crippen LogP contribution in [0.1, 0.15) is 6.92 Å². The molecule has 0 bridgehead atoms. The monoisotopic (exact) mass is 430 g/mol. The molecule has 9 nitrogen and oxygen atoms in total. The average molecular weight is 431 g/mol. The van der Waals surface area contributed by atoms with Crippen molar-refractivity contribution < 1.29 is 4.74 Å². The van der Waals surface area contributed by atoms with Crippen LogP contribution >= 0.6 is 0 Å². The molecule has 0 aliphatic carbocycles. The second-order valence-electron chi connectivity index (χ2n) is 7.56. The van der Waals surface area contributed by atoms with Crippen molar-refractivity contribution in [2.24, 2.45) is 0 Å². The number of benzene rings is 1. The summed E-state index contributed by atoms with van der Waals surface area (Å²) >= 11 is 0. The standard InChI is InChI=1S/C23H26N8O/c1-3-30-15-27-21-18(12-25-13-19(21)30)22-23(24-2)29-20(14-26-22)28-16-4-6-17(7-5-16)31-8-10-32-11-9-31/h4-7,12-15H,3,8-11H2,1-2H3,(H2,24,28,29). The summed E-state index contributed by atoms with van der Waals surface area (Å²) < 4.78 is 7.50. The van der Waals surface area contributed by atoms with E-state index in [0.29, 0.717) is 11.6 Å². The predicted octanol–water partition coefficient (Wildman–Crippen LogP) is 3.53. The first-order valence-corrected chi connectivity index (χ1v) is 10.8. The lowest BCUT2D eigenvalue weighted by molar-refractivity contribution is 0.122. The van der Waals surface area contributed by atoms with Gasteiger partial charge >= 0.3 is 0 Å². The van der Waals surface area contributed by atoms with E-state index in [1.54, 1.807) is 12.4 Å². The number of aryl methyl sites for hydroxylation is 1. The number of rotatable bonds is 6. The van der Waals surface area contributed by atoms with Gasteiger partial charge in [-0.25, -0.2) is 15.0 Å². The van der Waals surface area contributed by atoms with Gasteiger partial charge in [0.05, 0.1) is 43.0 Å². The summed E-state index contributed by atoms with van der Waals surface area (Å²) in [5.74, 6) is 1.33. The molecule has 0 spiro atoms. The molecule has 0 unspecified atom stereocenters. The second-order valence-corrected chi connectivity index (χ2v) is 7.56. The number of imidazole rings is 1. The van der Waals surface area contributed by atoms with Crippen molar-refractivity contribution >= 4 is 34.0 Å². The SMILES string of the molecule is CCn1cnc2c(-c3ncc(Nc4ccc(N5CCOCC5)cc4)nc3NC)cncc21. The number of hydrogen-bond donors (Lipinski definition) is 2. The third-order valence-electron chi connectivity index (χ3n) is 5.65. The summed E-state index contributed by atoms with van der Waals surface area (Å²) in [4.78, 5) is 20.7. The molecule has 9 heteroatoms. The first-order valence-electron chi connectivity index (χ1n) is 10.8. The molecule has 0 saturated carbocycles. The Morgan fingerprint density at radius 2 is 1.84 bits per heavy atom. The van der Waals surface area contributed by atoms with E-state index in [-0.39, 0.29) is 0 Å². The van der Waals surface area contributed by atoms with Crippen LogP contribution in [0.3, 0.4) is 0 Å². The lowest BCUT2D eigenvalue weighted by atomic mass is 10.1. The largest absolute Gasteiger partial charge is 0.378 e. The van der Waals surface area contributed by atoms with Crippen molar-refractivity contribution in [3.05, 3.63) is 49.2 Å². The summed E-state index contributed by atoms with van der Waals surface area (Å²) in [6.07, 6.45) is 7.19. The minimum atomic E-state index is 0.663. The van der Waals surface area contributed by atoms with Gasteiger partial charge < -0.3 is 24.8 Å². The van der Waals surface area contributed by atoms with Gasteiger partial charge in [0, 0.05) is 44.3 Å². The Labute approximate surface area is 186 Å². The zero-order valence-corrected chi connectivity index (χ0v) is 18.2. The number of hydrogen-bond acceptors (Lipinski definition) is 8. The minimum absolute atomic E-state index is 0.663. The molecule has 32 heavy (non-hydrogen) atoms. The Morgan fingerprint density at radius 1 is 1.03 bits per heavy atom. The molecule has 1 aliphatic rings. The normalized spacial score (nSPS) is 14.0. The first kappa shape index (κ1) is 20.2. The number of fused-ring (bicyclic) bond motifs is 1. The van der Waals surface area contributed by atoms with E-state index in [0.717, 1.165) is 60.8 Å². The van der Waals surface area contributed by atoms with E-state index in [1.165, 1.54) is 5.69 Å². The van der Waals surface area contributed by atoms with Crippen LogP contribution in [0.25, 0.3) is 22.3 Å². The summed E-state index contributed by atoms with van der Waals surface area (Å²) in [6.45, 7) is 6.31. The highest BCUT2D eigenvalue weighted by Crippen LogP contribution is 2.31. The summed E-state index contributed by atoms with van der Waals surface area (Å²) in [7, 11) is 1.84. The fourth-order valence-corrected chi connectivity index (χ4v) is 3.95. The molecule has 2 N–H and O–H groups in total. The van der Waals surface area contributed by atoms with Crippen molar-refractivity contribution in [1.82, 2.24) is 24.5 Å². The van der Waals surface area contributed by atoms with Gasteiger partial charge in [-0.3, -0.25) is 4.98 Å². The van der Waals surface area contributed by atoms with E-state index in [1.807, 2.05) is 19.6 Å². The number of nitrogens with one attached hydrogen (secondary N) is 2. The molecule has 1 fully saturated rings. The first-order chi connectivity index (χ1) is 15.8. The Kier molecular flexibility index (Phi) is 5.55. The molecular weight excluding hydrogens is 404 g/mol. The fraction of sp³-hybridized carbons (Fsp3) is 0.304. The maximum absolute atomic E-state index is 5.43. The third-order valence-corrected chi connectivity index (χ3v) is 5.65. The van der Waals surface area contributed by atoms with Gasteiger partial charge in [-0.15, -0.1) is 0 Å². The van der Waals surface area contributed by atoms with Crippen LogP contribution in [-0.2, 0) is 11.3 Å². The summed E-state index contributed by atoms with van der Waals surface area (Å²) in [6, 6.07) is 8.35. The van der Waals surface area contributed by atoms with E-state index >= 15 is 0 Å². The maximum Gasteiger partial charge on any atom is 0.154 e. The van der Waals surface area contributed by atoms with Crippen molar-refractivity contribution in [1.29, 1.82) is 0 Å². The average Bonchev–Trinajstić information content (AvgIpc) is 3.28. The quantitative estimate of drug-likeness (QED) is 0.480. The van der Waals surface area contributed by atoms with E-state index in [2.05, 4.69) is 61.3 Å². The lowest BCUT2D eigenvalue weighted by Gasteiger charge is -2.28. The minimum Gasteiger partial charge on any atom is -0.378 e. The van der Waals surface area contributed by atoms with Crippen molar-refractivity contribution in [3.8, 4) is 11.3 Å². The smallest absolute Gasteiger partial charge is 0.154 e. The van der Waals surface area contributed by atoms with Crippen LogP contribution in [0.2, 0.25) is 0 Å². The highest BCUT2D eigenvalue weighted by Gasteiger charge is 2.16. The number of aromatic nitrogens is 5. The van der Waals surface area contributed by atoms with Crippen molar-refractivity contribution in [3.63, 3.8) is 0 Å². The van der Waals surface area contributed by atoms with Gasteiger partial charge in [0.25, 0.3) is 0 Å². The molecule has 4 heterocycles. The number of nitrogens with zero attached hydrogens (tertiary/aromatic N) is 6. The lowest BCUT2D eigenvalue weighted by Crippen LogP contribution is -2.36. The van der Waals surface area contributed by atoms with Gasteiger partial charge in [0.1, 0.15) is 11.2 Å². The molecule has 1 aromatic carbocycles. The van der Waals surface area contributed by atoms with E-state index in [9.17, 15) is 0 Å². The van der Waals surface area contributed by atoms with Gasteiger partial charge in [-0.1, -0.05) is 0 Å². The van der Waals surface area contributed by atoms with Gasteiger partial charge in [-0.05, 0) is 31.2 Å². The van der Waals surface area contributed by atoms with E-state index < -0.39 is 0 Å². The molecule has 5 rings (SSSR count). The molecule has 1 aliphatic heterocycles. The Bertz CT molecular complexity index is 1210. The van der Waals surface area contributed by atoms with Crippen molar-refractivity contribution in [2.75, 3.05) is 48.9 Å².